The maximum Gasteiger partial charge on any atom is 0.315 e. The van der Waals surface area contributed by atoms with Gasteiger partial charge < -0.3 is 19.2 Å². The van der Waals surface area contributed by atoms with E-state index in [-0.39, 0.29) is 6.01 Å². The Bertz CT molecular complexity index is 707. The summed E-state index contributed by atoms with van der Waals surface area (Å²) in [5, 5.41) is 9.64. The van der Waals surface area contributed by atoms with Gasteiger partial charge in [0.2, 0.25) is 0 Å². The van der Waals surface area contributed by atoms with E-state index >= 15 is 0 Å². The number of aromatic nitrogens is 2. The summed E-state index contributed by atoms with van der Waals surface area (Å²) in [7, 11) is 2.11. The van der Waals surface area contributed by atoms with E-state index in [1.165, 1.54) is 0 Å². The standard InChI is InChI=1S/C18H24F2N4O3/c1-24(14-5-8-25-9-6-14)7-10-26-15-4-2-3-13(11-15)12-21-18-23-22-17(27-18)16(19)20/h2-4,11,14,16H,5-10,12H2,1H3,(H,21,23). The van der Waals surface area contributed by atoms with E-state index in [1.54, 1.807) is 0 Å². The van der Waals surface area contributed by atoms with Crippen molar-refractivity contribution >= 4 is 6.01 Å². The Hall–Kier alpha value is -2.26. The summed E-state index contributed by atoms with van der Waals surface area (Å²) in [6.07, 6.45) is -0.662. The van der Waals surface area contributed by atoms with Gasteiger partial charge in [-0.25, -0.2) is 0 Å². The minimum absolute atomic E-state index is 0.0327. The number of anilines is 1. The molecule has 1 aromatic heterocycles. The second-order valence-electron chi connectivity index (χ2n) is 6.42. The summed E-state index contributed by atoms with van der Waals surface area (Å²) >= 11 is 0. The van der Waals surface area contributed by atoms with Gasteiger partial charge in [0.1, 0.15) is 12.4 Å². The molecule has 1 aromatic carbocycles. The molecule has 0 amide bonds. The number of hydrogen-bond donors (Lipinski definition) is 1. The van der Waals surface area contributed by atoms with Crippen molar-refractivity contribution < 1.29 is 22.7 Å². The molecule has 0 saturated carbocycles. The minimum atomic E-state index is -2.77. The van der Waals surface area contributed by atoms with E-state index in [1.807, 2.05) is 24.3 Å². The molecule has 2 heterocycles. The Morgan fingerprint density at radius 1 is 1.30 bits per heavy atom. The number of hydrogen-bond acceptors (Lipinski definition) is 7. The number of nitrogens with one attached hydrogen (secondary N) is 1. The fourth-order valence-corrected chi connectivity index (χ4v) is 2.93. The Morgan fingerprint density at radius 3 is 2.85 bits per heavy atom. The Labute approximate surface area is 156 Å². The summed E-state index contributed by atoms with van der Waals surface area (Å²) < 4.78 is 40.9. The number of alkyl halides is 2. The normalized spacial score (nSPS) is 15.4. The zero-order chi connectivity index (χ0) is 19.1. The number of benzene rings is 1. The Morgan fingerprint density at radius 2 is 2.11 bits per heavy atom. The molecule has 0 bridgehead atoms. The van der Waals surface area contributed by atoms with Crippen LogP contribution in [0.1, 0.15) is 30.7 Å². The maximum absolute atomic E-state index is 12.4. The van der Waals surface area contributed by atoms with Crippen molar-refractivity contribution in [2.24, 2.45) is 0 Å². The van der Waals surface area contributed by atoms with E-state index < -0.39 is 12.3 Å². The van der Waals surface area contributed by atoms with Crippen molar-refractivity contribution in [1.82, 2.24) is 15.1 Å². The van der Waals surface area contributed by atoms with Crippen molar-refractivity contribution in [2.75, 3.05) is 38.7 Å². The zero-order valence-corrected chi connectivity index (χ0v) is 15.2. The number of ether oxygens (including phenoxy) is 2. The van der Waals surface area contributed by atoms with E-state index in [0.29, 0.717) is 19.2 Å². The number of likely N-dealkylation sites (N-methyl/N-ethyl adjacent to an activating group) is 1. The SMILES string of the molecule is CN(CCOc1cccc(CNc2nnc(C(F)F)o2)c1)C1CCOCC1. The second-order valence-corrected chi connectivity index (χ2v) is 6.42. The number of halogens is 2. The van der Waals surface area contributed by atoms with Crippen molar-refractivity contribution in [2.45, 2.75) is 31.9 Å². The van der Waals surface area contributed by atoms with Crippen LogP contribution >= 0.6 is 0 Å². The topological polar surface area (TPSA) is 72.7 Å². The van der Waals surface area contributed by atoms with Gasteiger partial charge >= 0.3 is 12.4 Å². The van der Waals surface area contributed by atoms with Gasteiger partial charge in [0.05, 0.1) is 0 Å². The first kappa shape index (κ1) is 19.5. The molecule has 0 atom stereocenters. The molecule has 0 aliphatic carbocycles. The van der Waals surface area contributed by atoms with Gasteiger partial charge in [-0.15, -0.1) is 5.10 Å². The molecule has 1 aliphatic rings. The highest BCUT2D eigenvalue weighted by molar-refractivity contribution is 5.31. The third-order valence-corrected chi connectivity index (χ3v) is 4.50. The maximum atomic E-state index is 12.4. The van der Waals surface area contributed by atoms with Crippen LogP contribution in [0, 0.1) is 0 Å². The summed E-state index contributed by atoms with van der Waals surface area (Å²) in [5.41, 5.74) is 0.919. The van der Waals surface area contributed by atoms with Crippen molar-refractivity contribution in [3.05, 3.63) is 35.7 Å². The number of nitrogens with zero attached hydrogens (tertiary/aromatic N) is 3. The first-order chi connectivity index (χ1) is 13.1. The van der Waals surface area contributed by atoms with Crippen LogP contribution in [0.4, 0.5) is 14.8 Å². The average molecular weight is 382 g/mol. The minimum Gasteiger partial charge on any atom is -0.492 e. The predicted octanol–water partition coefficient (Wildman–Crippen LogP) is 3.11. The largest absolute Gasteiger partial charge is 0.492 e. The van der Waals surface area contributed by atoms with Crippen LogP contribution in [-0.2, 0) is 11.3 Å². The molecule has 9 heteroatoms. The fourth-order valence-electron chi connectivity index (χ4n) is 2.93. The molecular formula is C18H24F2N4O3. The smallest absolute Gasteiger partial charge is 0.315 e. The lowest BCUT2D eigenvalue weighted by molar-refractivity contribution is 0.0392. The zero-order valence-electron chi connectivity index (χ0n) is 15.2. The van der Waals surface area contributed by atoms with Gasteiger partial charge in [-0.1, -0.05) is 17.2 Å². The molecule has 0 spiro atoms. The van der Waals surface area contributed by atoms with E-state index in [0.717, 1.165) is 43.9 Å². The Kier molecular flexibility index (Phi) is 6.94. The number of rotatable bonds is 9. The van der Waals surface area contributed by atoms with E-state index in [2.05, 4.69) is 27.5 Å². The third kappa shape index (κ3) is 5.86. The highest BCUT2D eigenvalue weighted by Gasteiger charge is 2.18. The highest BCUT2D eigenvalue weighted by Crippen LogP contribution is 2.20. The van der Waals surface area contributed by atoms with Gasteiger partial charge in [-0.3, -0.25) is 4.90 Å². The first-order valence-corrected chi connectivity index (χ1v) is 8.97. The highest BCUT2D eigenvalue weighted by atomic mass is 19.3. The lowest BCUT2D eigenvalue weighted by atomic mass is 10.1. The van der Waals surface area contributed by atoms with Crippen LogP contribution in [0.5, 0.6) is 5.75 Å². The van der Waals surface area contributed by atoms with Crippen LogP contribution in [0.3, 0.4) is 0 Å². The third-order valence-electron chi connectivity index (χ3n) is 4.50. The predicted molar refractivity (Wildman–Crippen MR) is 95.0 cm³/mol. The Balaban J connectivity index is 1.43. The molecule has 2 aromatic rings. The van der Waals surface area contributed by atoms with Gasteiger partial charge in [0.15, 0.2) is 0 Å². The molecule has 148 valence electrons. The molecule has 0 unspecified atom stereocenters. The fraction of sp³-hybridized carbons (Fsp3) is 0.556. The summed E-state index contributed by atoms with van der Waals surface area (Å²) in [6, 6.07) is 8.08. The first-order valence-electron chi connectivity index (χ1n) is 8.97. The van der Waals surface area contributed by atoms with Crippen LogP contribution in [-0.4, -0.2) is 54.6 Å². The van der Waals surface area contributed by atoms with Crippen molar-refractivity contribution in [3.8, 4) is 5.75 Å². The molecule has 1 aliphatic heterocycles. The average Bonchev–Trinajstić information content (AvgIpc) is 3.17. The summed E-state index contributed by atoms with van der Waals surface area (Å²) in [4.78, 5) is 2.31. The van der Waals surface area contributed by atoms with Crippen molar-refractivity contribution in [3.63, 3.8) is 0 Å². The van der Waals surface area contributed by atoms with Crippen LogP contribution in [0.2, 0.25) is 0 Å². The lowest BCUT2D eigenvalue weighted by Crippen LogP contribution is -2.38. The van der Waals surface area contributed by atoms with Gasteiger partial charge in [0, 0.05) is 32.3 Å². The summed E-state index contributed by atoms with van der Waals surface area (Å²) in [5.74, 6) is 0.0664. The van der Waals surface area contributed by atoms with Gasteiger partial charge in [-0.2, -0.15) is 8.78 Å². The molecule has 27 heavy (non-hydrogen) atoms. The molecule has 1 saturated heterocycles. The molecule has 0 radical (unpaired) electrons. The van der Waals surface area contributed by atoms with Crippen LogP contribution < -0.4 is 10.1 Å². The van der Waals surface area contributed by atoms with E-state index in [9.17, 15) is 8.78 Å². The van der Waals surface area contributed by atoms with Crippen molar-refractivity contribution in [1.29, 1.82) is 0 Å². The molecule has 1 N–H and O–H groups in total. The monoisotopic (exact) mass is 382 g/mol. The van der Waals surface area contributed by atoms with Crippen LogP contribution in [0.25, 0.3) is 0 Å². The van der Waals surface area contributed by atoms with Gasteiger partial charge in [-0.05, 0) is 37.6 Å². The molecule has 3 rings (SSSR count). The van der Waals surface area contributed by atoms with E-state index in [4.69, 9.17) is 13.9 Å². The molecular weight excluding hydrogens is 358 g/mol. The quantitative estimate of drug-likeness (QED) is 0.714. The summed E-state index contributed by atoms with van der Waals surface area (Å²) in [6.45, 7) is 3.44. The second kappa shape index (κ2) is 9.61. The molecule has 1 fully saturated rings. The van der Waals surface area contributed by atoms with Crippen LogP contribution in [0.15, 0.2) is 28.7 Å². The molecule has 7 nitrogen and oxygen atoms in total. The van der Waals surface area contributed by atoms with Gasteiger partial charge in [0.25, 0.3) is 5.89 Å². The lowest BCUT2D eigenvalue weighted by Gasteiger charge is -2.31.